The van der Waals surface area contributed by atoms with Gasteiger partial charge in [0, 0.05) is 29.9 Å². The molecule has 0 atom stereocenters. The Morgan fingerprint density at radius 1 is 1.11 bits per heavy atom. The molecular weight excluding hydrogens is 523 g/mol. The van der Waals surface area contributed by atoms with Crippen LogP contribution in [0.1, 0.15) is 19.4 Å². The van der Waals surface area contributed by atoms with Gasteiger partial charge in [-0.3, -0.25) is 9.36 Å². The number of aliphatic carboxylic acids is 1. The molecule has 0 aliphatic carbocycles. The molecule has 202 valence electrons. The summed E-state index contributed by atoms with van der Waals surface area (Å²) in [5.74, 6) is -1.95. The van der Waals surface area contributed by atoms with Gasteiger partial charge in [0.25, 0.3) is 0 Å². The number of carboxylic acids is 1. The number of anilines is 2. The highest BCUT2D eigenvalue weighted by Gasteiger charge is 2.16. The van der Waals surface area contributed by atoms with Crippen LogP contribution in [0.15, 0.2) is 52.1 Å². The standard InChI is InChI=1S/C24H26ClFN6O6/c1-14(2)38-19-8-7-17(11-18(19)26)29-21-30-23(36)31(10-9-27-22(35)28-12-20(33)34)24(37)32(21)13-15-3-5-16(25)6-4-15/h3-8,11,14H,9-10,12-13H2,1-2H3,(H,33,34)(H2,27,28,35)(H,29,30,36). The molecule has 4 N–H and O–H groups in total. The van der Waals surface area contributed by atoms with E-state index < -0.39 is 35.7 Å². The van der Waals surface area contributed by atoms with Gasteiger partial charge in [-0.1, -0.05) is 23.7 Å². The number of carbonyl (C=O) groups excluding carboxylic acids is 1. The van der Waals surface area contributed by atoms with Crippen LogP contribution in [0.5, 0.6) is 5.75 Å². The fourth-order valence-electron chi connectivity index (χ4n) is 3.29. The average Bonchev–Trinajstić information content (AvgIpc) is 2.85. The summed E-state index contributed by atoms with van der Waals surface area (Å²) < 4.78 is 21.9. The summed E-state index contributed by atoms with van der Waals surface area (Å²) in [6, 6.07) is 9.98. The molecule has 38 heavy (non-hydrogen) atoms. The van der Waals surface area contributed by atoms with Gasteiger partial charge in [0.2, 0.25) is 5.95 Å². The van der Waals surface area contributed by atoms with Crippen LogP contribution in [-0.4, -0.2) is 50.4 Å². The van der Waals surface area contributed by atoms with E-state index in [1.807, 2.05) is 0 Å². The van der Waals surface area contributed by atoms with Crippen LogP contribution in [0, 0.1) is 5.82 Å². The number of carbonyl (C=O) groups is 2. The first-order chi connectivity index (χ1) is 18.0. The SMILES string of the molecule is CC(C)Oc1ccc(Nc2nc(=O)n(CCNC(=O)NCC(=O)O)c(=O)n2Cc2ccc(Cl)cc2)cc1F. The predicted molar refractivity (Wildman–Crippen MR) is 138 cm³/mol. The van der Waals surface area contributed by atoms with Gasteiger partial charge in [-0.25, -0.2) is 23.3 Å². The molecule has 14 heteroatoms. The topological polar surface area (TPSA) is 157 Å². The van der Waals surface area contributed by atoms with Gasteiger partial charge >= 0.3 is 23.4 Å². The Hall–Kier alpha value is -4.39. The number of urea groups is 1. The second-order valence-electron chi connectivity index (χ2n) is 8.30. The molecule has 12 nitrogen and oxygen atoms in total. The van der Waals surface area contributed by atoms with Gasteiger partial charge < -0.3 is 25.8 Å². The normalized spacial score (nSPS) is 10.8. The van der Waals surface area contributed by atoms with Crippen molar-refractivity contribution in [2.45, 2.75) is 33.0 Å². The van der Waals surface area contributed by atoms with Crippen LogP contribution in [0.4, 0.5) is 20.8 Å². The van der Waals surface area contributed by atoms with Crippen molar-refractivity contribution in [2.75, 3.05) is 18.4 Å². The minimum absolute atomic E-state index is 0.00479. The van der Waals surface area contributed by atoms with Crippen LogP contribution in [0.2, 0.25) is 5.02 Å². The minimum atomic E-state index is -1.23. The highest BCUT2D eigenvalue weighted by atomic mass is 35.5. The van der Waals surface area contributed by atoms with E-state index in [2.05, 4.69) is 20.9 Å². The lowest BCUT2D eigenvalue weighted by atomic mass is 10.2. The molecule has 0 aliphatic heterocycles. The lowest BCUT2D eigenvalue weighted by Crippen LogP contribution is -2.46. The number of rotatable bonds is 11. The predicted octanol–water partition coefficient (Wildman–Crippen LogP) is 2.16. The fourth-order valence-corrected chi connectivity index (χ4v) is 3.41. The smallest absolute Gasteiger partial charge is 0.355 e. The van der Waals surface area contributed by atoms with Gasteiger partial charge in [0.1, 0.15) is 6.54 Å². The average molecular weight is 549 g/mol. The number of ether oxygens (including phenoxy) is 1. The molecule has 2 aromatic carbocycles. The Kier molecular flexibility index (Phi) is 9.44. The molecule has 1 aromatic heterocycles. The second-order valence-corrected chi connectivity index (χ2v) is 8.74. The number of amides is 2. The number of halogens is 2. The summed E-state index contributed by atoms with van der Waals surface area (Å²) in [4.78, 5) is 52.2. The van der Waals surface area contributed by atoms with Gasteiger partial charge in [-0.05, 0) is 43.7 Å². The maximum Gasteiger partial charge on any atom is 0.355 e. The fraction of sp³-hybridized carbons (Fsp3) is 0.292. The zero-order valence-electron chi connectivity index (χ0n) is 20.5. The number of benzene rings is 2. The number of hydrogen-bond acceptors (Lipinski definition) is 7. The first kappa shape index (κ1) is 28.2. The van der Waals surface area contributed by atoms with Crippen molar-refractivity contribution in [3.05, 3.63) is 79.8 Å². The summed E-state index contributed by atoms with van der Waals surface area (Å²) in [7, 11) is 0. The molecule has 3 rings (SSSR count). The highest BCUT2D eigenvalue weighted by Crippen LogP contribution is 2.24. The number of aromatic nitrogens is 3. The van der Waals surface area contributed by atoms with Crippen molar-refractivity contribution in [2.24, 2.45) is 0 Å². The van der Waals surface area contributed by atoms with Crippen LogP contribution in [0.3, 0.4) is 0 Å². The lowest BCUT2D eigenvalue weighted by Gasteiger charge is -2.17. The molecule has 0 radical (unpaired) electrons. The van der Waals surface area contributed by atoms with E-state index in [0.717, 1.165) is 10.6 Å². The summed E-state index contributed by atoms with van der Waals surface area (Å²) in [5.41, 5.74) is -0.748. The van der Waals surface area contributed by atoms with Crippen molar-refractivity contribution >= 4 is 35.2 Å². The summed E-state index contributed by atoms with van der Waals surface area (Å²) in [6.07, 6.45) is -0.236. The van der Waals surface area contributed by atoms with Crippen LogP contribution < -0.4 is 32.1 Å². The number of nitrogens with one attached hydrogen (secondary N) is 3. The zero-order valence-corrected chi connectivity index (χ0v) is 21.3. The quantitative estimate of drug-likeness (QED) is 0.284. The Balaban J connectivity index is 1.90. The third-order valence-electron chi connectivity index (χ3n) is 4.98. The summed E-state index contributed by atoms with van der Waals surface area (Å²) in [6.45, 7) is 2.54. The van der Waals surface area contributed by atoms with Crippen LogP contribution >= 0.6 is 11.6 Å². The van der Waals surface area contributed by atoms with Gasteiger partial charge in [0.05, 0.1) is 12.6 Å². The zero-order chi connectivity index (χ0) is 27.8. The van der Waals surface area contributed by atoms with Crippen LogP contribution in [0.25, 0.3) is 0 Å². The molecule has 0 fully saturated rings. The monoisotopic (exact) mass is 548 g/mol. The van der Waals surface area contributed by atoms with Crippen LogP contribution in [-0.2, 0) is 17.9 Å². The van der Waals surface area contributed by atoms with E-state index in [9.17, 15) is 23.6 Å². The Morgan fingerprint density at radius 3 is 2.45 bits per heavy atom. The first-order valence-corrected chi connectivity index (χ1v) is 11.8. The van der Waals surface area contributed by atoms with E-state index in [-0.39, 0.29) is 43.1 Å². The van der Waals surface area contributed by atoms with E-state index in [1.54, 1.807) is 38.1 Å². The molecule has 0 saturated carbocycles. The molecular formula is C24H26ClFN6O6. The van der Waals surface area contributed by atoms with Gasteiger partial charge in [-0.2, -0.15) is 4.98 Å². The number of carboxylic acid groups (broad SMARTS) is 1. The maximum absolute atomic E-state index is 14.5. The molecule has 1 heterocycles. The van der Waals surface area contributed by atoms with E-state index in [4.69, 9.17) is 21.4 Å². The molecule has 0 spiro atoms. The van der Waals surface area contributed by atoms with E-state index in [1.165, 1.54) is 16.7 Å². The van der Waals surface area contributed by atoms with Crippen molar-refractivity contribution in [3.8, 4) is 5.75 Å². The molecule has 0 saturated heterocycles. The molecule has 2 amide bonds. The Morgan fingerprint density at radius 2 is 1.82 bits per heavy atom. The van der Waals surface area contributed by atoms with Gasteiger partial charge in [0.15, 0.2) is 11.6 Å². The molecule has 3 aromatic rings. The van der Waals surface area contributed by atoms with Crippen molar-refractivity contribution in [1.82, 2.24) is 24.8 Å². The van der Waals surface area contributed by atoms with Crippen molar-refractivity contribution in [3.63, 3.8) is 0 Å². The van der Waals surface area contributed by atoms with Crippen molar-refractivity contribution < 1.29 is 23.8 Å². The minimum Gasteiger partial charge on any atom is -0.488 e. The third-order valence-corrected chi connectivity index (χ3v) is 5.23. The van der Waals surface area contributed by atoms with Crippen molar-refractivity contribution in [1.29, 1.82) is 0 Å². The van der Waals surface area contributed by atoms with E-state index in [0.29, 0.717) is 10.6 Å². The maximum atomic E-state index is 14.5. The highest BCUT2D eigenvalue weighted by molar-refractivity contribution is 6.30. The molecule has 0 aliphatic rings. The van der Waals surface area contributed by atoms with E-state index >= 15 is 0 Å². The second kappa shape index (κ2) is 12.7. The summed E-state index contributed by atoms with van der Waals surface area (Å²) in [5, 5.41) is 16.4. The molecule has 0 bridgehead atoms. The summed E-state index contributed by atoms with van der Waals surface area (Å²) >= 11 is 5.96. The third kappa shape index (κ3) is 7.80. The first-order valence-electron chi connectivity index (χ1n) is 11.5. The molecule has 0 unspecified atom stereocenters. The number of nitrogens with zero attached hydrogens (tertiary/aromatic N) is 3. The largest absolute Gasteiger partial charge is 0.488 e. The number of hydrogen-bond donors (Lipinski definition) is 4. The van der Waals surface area contributed by atoms with Gasteiger partial charge in [-0.15, -0.1) is 0 Å². The lowest BCUT2D eigenvalue weighted by molar-refractivity contribution is -0.135. The Bertz CT molecular complexity index is 1420. The Labute approximate surface area is 221 Å².